The van der Waals surface area contributed by atoms with Gasteiger partial charge in [0.1, 0.15) is 0 Å². The molecule has 0 bridgehead atoms. The van der Waals surface area contributed by atoms with Crippen LogP contribution in [0.25, 0.3) is 0 Å². The summed E-state index contributed by atoms with van der Waals surface area (Å²) in [5, 5.41) is 4.78. The van der Waals surface area contributed by atoms with Crippen LogP contribution < -0.4 is 5.32 Å². The number of thioether (sulfide) groups is 1. The molecule has 2 aromatic rings. The fourth-order valence-corrected chi connectivity index (χ4v) is 3.07. The van der Waals surface area contributed by atoms with Crippen LogP contribution in [-0.2, 0) is 5.75 Å². The van der Waals surface area contributed by atoms with Crippen molar-refractivity contribution in [3.63, 3.8) is 0 Å². The van der Waals surface area contributed by atoms with Crippen LogP contribution in [0.4, 0.5) is 5.69 Å². The summed E-state index contributed by atoms with van der Waals surface area (Å²) in [5.41, 5.74) is 2.13. The van der Waals surface area contributed by atoms with Crippen LogP contribution in [0.5, 0.6) is 0 Å². The SMILES string of the molecule is CCCNc1ccnc(CSc2cc(Cl)ccc2Cl)c1. The van der Waals surface area contributed by atoms with Crippen LogP contribution in [0, 0.1) is 0 Å². The van der Waals surface area contributed by atoms with Gasteiger partial charge in [-0.25, -0.2) is 0 Å². The maximum atomic E-state index is 6.15. The minimum Gasteiger partial charge on any atom is -0.385 e. The summed E-state index contributed by atoms with van der Waals surface area (Å²) in [7, 11) is 0. The predicted octanol–water partition coefficient (Wildman–Crippen LogP) is 5.50. The van der Waals surface area contributed by atoms with Gasteiger partial charge < -0.3 is 5.32 Å². The summed E-state index contributed by atoms with van der Waals surface area (Å²) >= 11 is 13.8. The molecule has 1 aromatic heterocycles. The van der Waals surface area contributed by atoms with E-state index < -0.39 is 0 Å². The second-order valence-corrected chi connectivity index (χ2v) is 6.19. The standard InChI is InChI=1S/C15H16Cl2N2S/c1-2-6-18-12-5-7-19-13(9-12)10-20-15-8-11(16)3-4-14(15)17/h3-5,7-9H,2,6,10H2,1H3,(H,18,19). The van der Waals surface area contributed by atoms with E-state index in [4.69, 9.17) is 23.2 Å². The van der Waals surface area contributed by atoms with Crippen molar-refractivity contribution in [2.45, 2.75) is 24.0 Å². The van der Waals surface area contributed by atoms with Crippen molar-refractivity contribution in [1.82, 2.24) is 4.98 Å². The smallest absolute Gasteiger partial charge is 0.0543 e. The van der Waals surface area contributed by atoms with Gasteiger partial charge in [-0.2, -0.15) is 0 Å². The normalized spacial score (nSPS) is 10.6. The highest BCUT2D eigenvalue weighted by Gasteiger charge is 2.04. The van der Waals surface area contributed by atoms with Crippen molar-refractivity contribution < 1.29 is 0 Å². The molecule has 0 saturated carbocycles. The zero-order valence-electron chi connectivity index (χ0n) is 11.2. The molecule has 0 saturated heterocycles. The van der Waals surface area contributed by atoms with E-state index in [-0.39, 0.29) is 0 Å². The van der Waals surface area contributed by atoms with Gasteiger partial charge in [-0.05, 0) is 36.8 Å². The van der Waals surface area contributed by atoms with Crippen LogP contribution in [0.2, 0.25) is 10.0 Å². The molecule has 1 N–H and O–H groups in total. The molecular formula is C15H16Cl2N2S. The molecule has 106 valence electrons. The highest BCUT2D eigenvalue weighted by molar-refractivity contribution is 7.98. The molecule has 5 heteroatoms. The first-order chi connectivity index (χ1) is 9.69. The van der Waals surface area contributed by atoms with Crippen molar-refractivity contribution in [1.29, 1.82) is 0 Å². The Kier molecular flexibility index (Phi) is 6.02. The Balaban J connectivity index is 2.01. The van der Waals surface area contributed by atoms with Gasteiger partial charge in [0.15, 0.2) is 0 Å². The van der Waals surface area contributed by atoms with Crippen molar-refractivity contribution >= 4 is 40.7 Å². The van der Waals surface area contributed by atoms with Crippen molar-refractivity contribution in [2.75, 3.05) is 11.9 Å². The Morgan fingerprint density at radius 2 is 2.05 bits per heavy atom. The van der Waals surface area contributed by atoms with Gasteiger partial charge in [0, 0.05) is 34.1 Å². The zero-order valence-corrected chi connectivity index (χ0v) is 13.5. The molecule has 0 spiro atoms. The number of anilines is 1. The molecule has 0 aliphatic rings. The number of pyridine rings is 1. The molecule has 0 atom stereocenters. The molecule has 20 heavy (non-hydrogen) atoms. The molecule has 0 radical (unpaired) electrons. The number of hydrogen-bond donors (Lipinski definition) is 1. The van der Waals surface area contributed by atoms with E-state index in [1.165, 1.54) is 0 Å². The zero-order chi connectivity index (χ0) is 14.4. The lowest BCUT2D eigenvalue weighted by Crippen LogP contribution is -2.00. The summed E-state index contributed by atoms with van der Waals surface area (Å²) in [5.74, 6) is 0.766. The summed E-state index contributed by atoms with van der Waals surface area (Å²) in [6, 6.07) is 9.55. The summed E-state index contributed by atoms with van der Waals surface area (Å²) in [6.07, 6.45) is 2.93. The predicted molar refractivity (Wildman–Crippen MR) is 89.0 cm³/mol. The minimum absolute atomic E-state index is 0.697. The van der Waals surface area contributed by atoms with Gasteiger partial charge in [0.2, 0.25) is 0 Å². The number of aromatic nitrogens is 1. The Morgan fingerprint density at radius 1 is 1.20 bits per heavy atom. The number of benzene rings is 1. The van der Waals surface area contributed by atoms with E-state index in [0.29, 0.717) is 5.02 Å². The molecule has 2 nitrogen and oxygen atoms in total. The number of hydrogen-bond acceptors (Lipinski definition) is 3. The first-order valence-electron chi connectivity index (χ1n) is 6.45. The van der Waals surface area contributed by atoms with Crippen molar-refractivity contribution in [3.05, 3.63) is 52.3 Å². The fraction of sp³-hybridized carbons (Fsp3) is 0.267. The number of nitrogens with zero attached hydrogens (tertiary/aromatic N) is 1. The topological polar surface area (TPSA) is 24.9 Å². The third-order valence-electron chi connectivity index (χ3n) is 2.66. The quantitative estimate of drug-likeness (QED) is 0.709. The second-order valence-electron chi connectivity index (χ2n) is 4.33. The largest absolute Gasteiger partial charge is 0.385 e. The molecule has 0 aliphatic carbocycles. The molecular weight excluding hydrogens is 311 g/mol. The van der Waals surface area contributed by atoms with Gasteiger partial charge >= 0.3 is 0 Å². The Bertz CT molecular complexity index is 576. The number of rotatable bonds is 6. The highest BCUT2D eigenvalue weighted by atomic mass is 35.5. The van der Waals surface area contributed by atoms with E-state index >= 15 is 0 Å². The Labute approximate surface area is 133 Å². The summed E-state index contributed by atoms with van der Waals surface area (Å²) < 4.78 is 0. The molecule has 1 aromatic carbocycles. The molecule has 2 rings (SSSR count). The highest BCUT2D eigenvalue weighted by Crippen LogP contribution is 2.31. The lowest BCUT2D eigenvalue weighted by Gasteiger charge is -2.07. The van der Waals surface area contributed by atoms with E-state index in [0.717, 1.165) is 40.0 Å². The van der Waals surface area contributed by atoms with Crippen molar-refractivity contribution in [3.8, 4) is 0 Å². The average Bonchev–Trinajstić information content (AvgIpc) is 2.46. The van der Waals surface area contributed by atoms with Crippen LogP contribution >= 0.6 is 35.0 Å². The van der Waals surface area contributed by atoms with Gasteiger partial charge in [0.25, 0.3) is 0 Å². The molecule has 0 unspecified atom stereocenters. The van der Waals surface area contributed by atoms with Crippen LogP contribution in [0.1, 0.15) is 19.0 Å². The maximum absolute atomic E-state index is 6.15. The lowest BCUT2D eigenvalue weighted by atomic mass is 10.3. The van der Waals surface area contributed by atoms with Crippen LogP contribution in [0.3, 0.4) is 0 Å². The summed E-state index contributed by atoms with van der Waals surface area (Å²) in [4.78, 5) is 5.36. The summed E-state index contributed by atoms with van der Waals surface area (Å²) in [6.45, 7) is 3.11. The average molecular weight is 327 g/mol. The molecule has 1 heterocycles. The van der Waals surface area contributed by atoms with Crippen LogP contribution in [-0.4, -0.2) is 11.5 Å². The minimum atomic E-state index is 0.697. The first kappa shape index (κ1) is 15.5. The molecule has 0 aliphatic heterocycles. The van der Waals surface area contributed by atoms with Crippen LogP contribution in [0.15, 0.2) is 41.4 Å². The maximum Gasteiger partial charge on any atom is 0.0543 e. The lowest BCUT2D eigenvalue weighted by molar-refractivity contribution is 0.977. The number of halogens is 2. The first-order valence-corrected chi connectivity index (χ1v) is 8.20. The molecule has 0 fully saturated rings. The van der Waals surface area contributed by atoms with E-state index in [2.05, 4.69) is 23.3 Å². The third-order valence-corrected chi connectivity index (χ3v) is 4.43. The third kappa shape index (κ3) is 4.58. The monoisotopic (exact) mass is 326 g/mol. The van der Waals surface area contributed by atoms with Crippen molar-refractivity contribution in [2.24, 2.45) is 0 Å². The molecule has 0 amide bonds. The Hall–Kier alpha value is -0.900. The van der Waals surface area contributed by atoms with Gasteiger partial charge in [0.05, 0.1) is 10.7 Å². The second kappa shape index (κ2) is 7.77. The van der Waals surface area contributed by atoms with Gasteiger partial charge in [-0.1, -0.05) is 30.1 Å². The van der Waals surface area contributed by atoms with Gasteiger partial charge in [-0.3, -0.25) is 4.98 Å². The van der Waals surface area contributed by atoms with Gasteiger partial charge in [-0.15, -0.1) is 11.8 Å². The van der Waals surface area contributed by atoms with E-state index in [1.54, 1.807) is 17.8 Å². The van der Waals surface area contributed by atoms with E-state index in [1.807, 2.05) is 24.4 Å². The Morgan fingerprint density at radius 3 is 2.85 bits per heavy atom. The number of nitrogens with one attached hydrogen (secondary N) is 1. The fourth-order valence-electron chi connectivity index (χ4n) is 1.68. The van der Waals surface area contributed by atoms with E-state index in [9.17, 15) is 0 Å².